The molecular weight excluding hydrogens is 439 g/mol. The maximum absolute atomic E-state index is 13.8. The Bertz CT molecular complexity index is 794. The second-order valence-electron chi connectivity index (χ2n) is 5.49. The molecule has 0 aromatic heterocycles. The summed E-state index contributed by atoms with van der Waals surface area (Å²) >= 11 is 0. The molecule has 0 aliphatic carbocycles. The lowest BCUT2D eigenvalue weighted by Gasteiger charge is -2.39. The smallest absolute Gasteiger partial charge is 0.195 e. The van der Waals surface area contributed by atoms with Gasteiger partial charge in [0.25, 0.3) is 0 Å². The molecule has 0 aliphatic rings. The first kappa shape index (κ1) is 24.6. The lowest BCUT2D eigenvalue weighted by molar-refractivity contribution is -0.436. The summed E-state index contributed by atoms with van der Waals surface area (Å²) in [6.07, 6.45) is -3.77. The van der Waals surface area contributed by atoms with E-state index in [1.165, 1.54) is 12.0 Å². The lowest BCUT2D eigenvalue weighted by atomic mass is 9.92. The van der Waals surface area contributed by atoms with Gasteiger partial charge in [0.1, 0.15) is 0 Å². The number of terminal acetylenes is 1. The van der Waals surface area contributed by atoms with Gasteiger partial charge in [0, 0.05) is 11.6 Å². The number of rotatable bonds is 6. The summed E-state index contributed by atoms with van der Waals surface area (Å²) in [6.45, 7) is 0. The molecule has 1 aromatic carbocycles. The summed E-state index contributed by atoms with van der Waals surface area (Å²) in [5.74, 6) is -35.9. The summed E-state index contributed by atoms with van der Waals surface area (Å²) in [6, 6.07) is 5.39. The van der Waals surface area contributed by atoms with E-state index in [1.807, 2.05) is 0 Å². The van der Waals surface area contributed by atoms with Crippen LogP contribution in [-0.2, 0) is 0 Å². The normalized spacial score (nSPS) is 15.2. The minimum absolute atomic E-state index is 0.457. The maximum Gasteiger partial charge on any atom is 0.460 e. The molecule has 0 aliphatic heterocycles. The maximum atomic E-state index is 13.8. The third-order valence-electron chi connectivity index (χ3n) is 3.52. The monoisotopic (exact) mass is 446 g/mol. The second-order valence-corrected chi connectivity index (χ2v) is 5.49. The first-order chi connectivity index (χ1) is 12.8. The largest absolute Gasteiger partial charge is 0.460 e. The highest BCUT2D eigenvalue weighted by Gasteiger charge is 2.90. The van der Waals surface area contributed by atoms with Gasteiger partial charge in [-0.3, -0.25) is 0 Å². The zero-order valence-corrected chi connectivity index (χ0v) is 13.5. The van der Waals surface area contributed by atoms with E-state index in [-0.39, 0.29) is 0 Å². The Kier molecular flexibility index (Phi) is 6.07. The molecule has 0 heterocycles. The Morgan fingerprint density at radius 1 is 0.655 bits per heavy atom. The fourth-order valence-corrected chi connectivity index (χ4v) is 1.88. The molecule has 162 valence electrons. The molecule has 0 saturated carbocycles. The summed E-state index contributed by atoms with van der Waals surface area (Å²) in [5, 5.41) is 0. The van der Waals surface area contributed by atoms with E-state index in [4.69, 9.17) is 6.42 Å². The molecule has 0 nitrogen and oxygen atoms in total. The predicted molar refractivity (Wildman–Crippen MR) is 74.0 cm³/mol. The highest BCUT2D eigenvalue weighted by atomic mass is 19.4. The fourth-order valence-electron chi connectivity index (χ4n) is 1.88. The molecule has 0 amide bonds. The van der Waals surface area contributed by atoms with Crippen LogP contribution in [0.5, 0.6) is 0 Å². The van der Waals surface area contributed by atoms with Crippen molar-refractivity contribution in [2.24, 2.45) is 0 Å². The number of allylic oxidation sites excluding steroid dienone is 2. The fraction of sp³-hybridized carbons (Fsp3) is 0.375. The molecule has 0 atom stereocenters. The van der Waals surface area contributed by atoms with E-state index in [1.54, 1.807) is 0 Å². The van der Waals surface area contributed by atoms with E-state index >= 15 is 0 Å². The van der Waals surface area contributed by atoms with E-state index in [0.717, 1.165) is 24.3 Å². The van der Waals surface area contributed by atoms with Crippen LogP contribution in [0.1, 0.15) is 5.56 Å². The van der Waals surface area contributed by atoms with Crippen LogP contribution in [0.3, 0.4) is 0 Å². The lowest BCUT2D eigenvalue weighted by Crippen LogP contribution is -2.69. The van der Waals surface area contributed by atoms with Crippen molar-refractivity contribution >= 4 is 5.57 Å². The van der Waals surface area contributed by atoms with E-state index < -0.39 is 53.0 Å². The van der Waals surface area contributed by atoms with Crippen molar-refractivity contribution in [3.8, 4) is 12.3 Å². The van der Waals surface area contributed by atoms with Crippen LogP contribution in [-0.4, -0.2) is 35.8 Å². The van der Waals surface area contributed by atoms with Gasteiger partial charge in [-0.25, -0.2) is 0 Å². The van der Waals surface area contributed by atoms with Crippen LogP contribution in [0.2, 0.25) is 0 Å². The second kappa shape index (κ2) is 7.14. The van der Waals surface area contributed by atoms with Gasteiger partial charge in [0.2, 0.25) is 0 Å². The molecule has 29 heavy (non-hydrogen) atoms. The number of alkyl halides is 13. The van der Waals surface area contributed by atoms with Crippen molar-refractivity contribution in [2.75, 3.05) is 0 Å². The van der Waals surface area contributed by atoms with Crippen molar-refractivity contribution in [3.63, 3.8) is 0 Å². The third kappa shape index (κ3) is 3.76. The van der Waals surface area contributed by atoms with Crippen LogP contribution >= 0.6 is 0 Å². The molecule has 0 spiro atoms. The standard InChI is InChI=1S/C16H7F13/c1-2-9(10-6-4-3-5-7-10)8-11(17,18)12(19,20)13(21,22)14(23,24)15(25,26)16(27,28)29/h1,3-8H/b9-8-. The van der Waals surface area contributed by atoms with Crippen LogP contribution in [0.4, 0.5) is 57.1 Å². The van der Waals surface area contributed by atoms with E-state index in [0.29, 0.717) is 0 Å². The zero-order chi connectivity index (χ0) is 23.1. The number of benzene rings is 1. The van der Waals surface area contributed by atoms with Crippen molar-refractivity contribution in [1.29, 1.82) is 0 Å². The third-order valence-corrected chi connectivity index (χ3v) is 3.52. The molecule has 0 N–H and O–H groups in total. The molecule has 1 rings (SSSR count). The molecule has 0 radical (unpaired) electrons. The molecule has 0 unspecified atom stereocenters. The predicted octanol–water partition coefficient (Wildman–Crippen LogP) is 6.44. The first-order valence-electron chi connectivity index (χ1n) is 6.98. The van der Waals surface area contributed by atoms with Gasteiger partial charge in [-0.1, -0.05) is 36.3 Å². The van der Waals surface area contributed by atoms with Gasteiger partial charge in [0.05, 0.1) is 0 Å². The summed E-state index contributed by atoms with van der Waals surface area (Å²) < 4.78 is 169. The van der Waals surface area contributed by atoms with Crippen LogP contribution in [0.25, 0.3) is 5.57 Å². The molecular formula is C16H7F13. The first-order valence-corrected chi connectivity index (χ1v) is 6.98. The highest BCUT2D eigenvalue weighted by molar-refractivity contribution is 5.78. The summed E-state index contributed by atoms with van der Waals surface area (Å²) in [5.41, 5.74) is -1.70. The Morgan fingerprint density at radius 2 is 1.07 bits per heavy atom. The van der Waals surface area contributed by atoms with Crippen LogP contribution in [0.15, 0.2) is 36.4 Å². The Balaban J connectivity index is 3.58. The molecule has 13 heteroatoms. The molecule has 1 aromatic rings. The quantitative estimate of drug-likeness (QED) is 0.349. The van der Waals surface area contributed by atoms with Gasteiger partial charge < -0.3 is 0 Å². The Morgan fingerprint density at radius 3 is 1.45 bits per heavy atom. The molecule has 0 fully saturated rings. The van der Waals surface area contributed by atoms with Crippen molar-refractivity contribution in [1.82, 2.24) is 0 Å². The Labute approximate surface area is 154 Å². The number of hydrogen-bond donors (Lipinski definition) is 0. The SMILES string of the molecule is C#C/C(=C/C(F)(F)C(F)(F)C(F)(F)C(F)(F)C(F)(F)C(F)(F)F)c1ccccc1. The number of halogens is 13. The van der Waals surface area contributed by atoms with Crippen molar-refractivity contribution in [3.05, 3.63) is 42.0 Å². The molecule has 0 saturated heterocycles. The van der Waals surface area contributed by atoms with Gasteiger partial charge in [0.15, 0.2) is 0 Å². The van der Waals surface area contributed by atoms with Gasteiger partial charge in [-0.05, 0) is 5.56 Å². The minimum Gasteiger partial charge on any atom is -0.195 e. The van der Waals surface area contributed by atoms with E-state index in [9.17, 15) is 57.1 Å². The van der Waals surface area contributed by atoms with Gasteiger partial charge in [-0.15, -0.1) is 6.42 Å². The van der Waals surface area contributed by atoms with Gasteiger partial charge >= 0.3 is 35.8 Å². The highest BCUT2D eigenvalue weighted by Crippen LogP contribution is 2.60. The summed E-state index contributed by atoms with van der Waals surface area (Å²) in [4.78, 5) is 0. The number of hydrogen-bond acceptors (Lipinski definition) is 0. The van der Waals surface area contributed by atoms with Gasteiger partial charge in [-0.2, -0.15) is 57.1 Å². The Hall–Kier alpha value is -2.39. The van der Waals surface area contributed by atoms with Crippen LogP contribution in [0, 0.1) is 12.3 Å². The average molecular weight is 446 g/mol. The zero-order valence-electron chi connectivity index (χ0n) is 13.5. The minimum atomic E-state index is -7.94. The topological polar surface area (TPSA) is 0 Å². The van der Waals surface area contributed by atoms with E-state index in [2.05, 4.69) is 0 Å². The van der Waals surface area contributed by atoms with Crippen molar-refractivity contribution in [2.45, 2.75) is 35.8 Å². The van der Waals surface area contributed by atoms with Crippen molar-refractivity contribution < 1.29 is 57.1 Å². The summed E-state index contributed by atoms with van der Waals surface area (Å²) in [7, 11) is 0. The molecule has 0 bridgehead atoms. The average Bonchev–Trinajstić information content (AvgIpc) is 2.58. The van der Waals surface area contributed by atoms with Crippen LogP contribution < -0.4 is 0 Å².